The molecule has 176 valence electrons. The number of fused-ring (bicyclic) bond motifs is 1. The molecular formula is C23H38N2O6. The zero-order chi connectivity index (χ0) is 23.2. The molecule has 0 radical (unpaired) electrons. The van der Waals surface area contributed by atoms with Gasteiger partial charge in [0.05, 0.1) is 24.5 Å². The molecule has 3 aliphatic rings. The highest BCUT2D eigenvalue weighted by Gasteiger charge is 2.74. The lowest BCUT2D eigenvalue weighted by Crippen LogP contribution is -2.59. The van der Waals surface area contributed by atoms with E-state index in [1.165, 1.54) is 4.90 Å². The molecule has 0 saturated carbocycles. The molecule has 5 atom stereocenters. The summed E-state index contributed by atoms with van der Waals surface area (Å²) in [7, 11) is 0. The molecule has 2 N–H and O–H groups in total. The number of carbonyl (C=O) groups excluding carboxylic acids is 3. The molecule has 0 unspecified atom stereocenters. The van der Waals surface area contributed by atoms with Gasteiger partial charge in [-0.3, -0.25) is 14.4 Å². The summed E-state index contributed by atoms with van der Waals surface area (Å²) in [6.07, 6.45) is 1.89. The van der Waals surface area contributed by atoms with Crippen molar-refractivity contribution in [2.45, 2.75) is 90.5 Å². The first-order valence-electron chi connectivity index (χ1n) is 11.4. The summed E-state index contributed by atoms with van der Waals surface area (Å²) in [6.45, 7) is 12.4. The smallest absolute Gasteiger partial charge is 0.312 e. The van der Waals surface area contributed by atoms with Gasteiger partial charge < -0.3 is 24.8 Å². The molecule has 2 amide bonds. The van der Waals surface area contributed by atoms with E-state index in [-0.39, 0.29) is 37.0 Å². The topological polar surface area (TPSA) is 105 Å². The number of aliphatic hydroxyl groups is 1. The number of carbonyl (C=O) groups is 3. The molecule has 0 aliphatic carbocycles. The van der Waals surface area contributed by atoms with Crippen molar-refractivity contribution in [2.24, 2.45) is 17.3 Å². The Labute approximate surface area is 185 Å². The van der Waals surface area contributed by atoms with Gasteiger partial charge in [0.2, 0.25) is 11.8 Å². The Morgan fingerprint density at radius 1 is 1.29 bits per heavy atom. The number of nitrogens with one attached hydrogen (secondary N) is 1. The molecule has 3 aliphatic heterocycles. The highest BCUT2D eigenvalue weighted by molar-refractivity contribution is 5.98. The lowest BCUT2D eigenvalue weighted by molar-refractivity contribution is -0.154. The summed E-state index contributed by atoms with van der Waals surface area (Å²) < 4.78 is 11.6. The SMILES string of the molecule is CCOC(=O)[C@@H]1[C@@H]2CC[C@]3(O2)[C@H](C(=O)NC(C)(C)CC(C)(C)C)N(CCCO)C(=O)[C@@H]13. The van der Waals surface area contributed by atoms with E-state index >= 15 is 0 Å². The Balaban J connectivity index is 1.93. The van der Waals surface area contributed by atoms with Gasteiger partial charge in [-0.15, -0.1) is 0 Å². The van der Waals surface area contributed by atoms with Crippen molar-refractivity contribution >= 4 is 17.8 Å². The minimum atomic E-state index is -1.02. The highest BCUT2D eigenvalue weighted by Crippen LogP contribution is 2.58. The van der Waals surface area contributed by atoms with E-state index in [4.69, 9.17) is 9.47 Å². The number of ether oxygens (including phenoxy) is 2. The fourth-order valence-corrected chi connectivity index (χ4v) is 6.21. The van der Waals surface area contributed by atoms with Crippen molar-refractivity contribution in [3.05, 3.63) is 0 Å². The average molecular weight is 439 g/mol. The maximum atomic E-state index is 13.6. The lowest BCUT2D eigenvalue weighted by atomic mass is 9.70. The summed E-state index contributed by atoms with van der Waals surface area (Å²) in [4.78, 5) is 41.3. The first-order valence-corrected chi connectivity index (χ1v) is 11.4. The Morgan fingerprint density at radius 2 is 1.97 bits per heavy atom. The van der Waals surface area contributed by atoms with Crippen molar-refractivity contribution in [3.8, 4) is 0 Å². The zero-order valence-electron chi connectivity index (χ0n) is 19.7. The standard InChI is InChI=1S/C23H38N2O6/c1-7-30-20(29)15-14-9-10-23(31-14)16(15)19(28)25(11-8-12-26)17(23)18(27)24-22(5,6)13-21(2,3)4/h14-17,26H,7-13H2,1-6H3,(H,24,27)/t14-,15+,16+,17-,23+/m0/s1. The molecule has 8 heteroatoms. The second-order valence-corrected chi connectivity index (χ2v) is 11.0. The molecule has 1 spiro atoms. The number of esters is 1. The molecule has 2 bridgehead atoms. The number of hydrogen-bond donors (Lipinski definition) is 2. The summed E-state index contributed by atoms with van der Waals surface area (Å²) in [5, 5.41) is 12.5. The van der Waals surface area contributed by atoms with Gasteiger partial charge in [0.1, 0.15) is 11.6 Å². The Kier molecular flexibility index (Phi) is 6.46. The predicted octanol–water partition coefficient (Wildman–Crippen LogP) is 1.64. The third kappa shape index (κ3) is 4.33. The molecule has 3 saturated heterocycles. The Bertz CT molecular complexity index is 730. The number of rotatable bonds is 8. The van der Waals surface area contributed by atoms with Gasteiger partial charge in [-0.2, -0.15) is 0 Å². The minimum Gasteiger partial charge on any atom is -0.466 e. The van der Waals surface area contributed by atoms with Gasteiger partial charge in [0, 0.05) is 18.7 Å². The van der Waals surface area contributed by atoms with Gasteiger partial charge in [-0.05, 0) is 51.9 Å². The van der Waals surface area contributed by atoms with Crippen LogP contribution in [0.5, 0.6) is 0 Å². The fraction of sp³-hybridized carbons (Fsp3) is 0.870. The van der Waals surface area contributed by atoms with Crippen molar-refractivity contribution in [2.75, 3.05) is 19.8 Å². The van der Waals surface area contributed by atoms with Crippen LogP contribution < -0.4 is 5.32 Å². The van der Waals surface area contributed by atoms with Crippen molar-refractivity contribution in [3.63, 3.8) is 0 Å². The van der Waals surface area contributed by atoms with Crippen LogP contribution in [0.3, 0.4) is 0 Å². The van der Waals surface area contributed by atoms with Gasteiger partial charge in [-0.25, -0.2) is 0 Å². The Hall–Kier alpha value is -1.67. The van der Waals surface area contributed by atoms with Crippen LogP contribution in [-0.4, -0.2) is 70.8 Å². The van der Waals surface area contributed by atoms with Crippen molar-refractivity contribution in [1.82, 2.24) is 10.2 Å². The maximum Gasteiger partial charge on any atom is 0.312 e. The van der Waals surface area contributed by atoms with Gasteiger partial charge in [0.15, 0.2) is 0 Å². The molecule has 0 aromatic heterocycles. The van der Waals surface area contributed by atoms with E-state index in [2.05, 4.69) is 26.1 Å². The van der Waals surface area contributed by atoms with Crippen LogP contribution in [0.25, 0.3) is 0 Å². The monoisotopic (exact) mass is 438 g/mol. The Morgan fingerprint density at radius 3 is 2.55 bits per heavy atom. The fourth-order valence-electron chi connectivity index (χ4n) is 6.21. The lowest BCUT2D eigenvalue weighted by Gasteiger charge is -2.38. The molecule has 3 fully saturated rings. The second kappa shape index (κ2) is 8.35. The first kappa shape index (κ1) is 24.0. The van der Waals surface area contributed by atoms with Crippen LogP contribution in [0.4, 0.5) is 0 Å². The average Bonchev–Trinajstić information content (AvgIpc) is 3.25. The molecule has 3 heterocycles. The van der Waals surface area contributed by atoms with E-state index in [1.54, 1.807) is 6.92 Å². The van der Waals surface area contributed by atoms with Crippen LogP contribution in [0.2, 0.25) is 0 Å². The van der Waals surface area contributed by atoms with Crippen LogP contribution >= 0.6 is 0 Å². The van der Waals surface area contributed by atoms with E-state index in [0.29, 0.717) is 19.3 Å². The highest BCUT2D eigenvalue weighted by atomic mass is 16.6. The molecule has 3 rings (SSSR count). The van der Waals surface area contributed by atoms with Gasteiger partial charge >= 0.3 is 5.97 Å². The molecule has 8 nitrogen and oxygen atoms in total. The molecule has 0 aromatic carbocycles. The third-order valence-electron chi connectivity index (χ3n) is 6.60. The van der Waals surface area contributed by atoms with E-state index in [9.17, 15) is 19.5 Å². The minimum absolute atomic E-state index is 0.0109. The molecule has 0 aromatic rings. The number of amides is 2. The van der Waals surface area contributed by atoms with E-state index in [1.807, 2.05) is 13.8 Å². The molecule has 31 heavy (non-hydrogen) atoms. The number of aliphatic hydroxyl groups excluding tert-OH is 1. The maximum absolute atomic E-state index is 13.6. The van der Waals surface area contributed by atoms with E-state index in [0.717, 1.165) is 6.42 Å². The van der Waals surface area contributed by atoms with Crippen molar-refractivity contribution < 1.29 is 29.0 Å². The zero-order valence-corrected chi connectivity index (χ0v) is 19.7. The summed E-state index contributed by atoms with van der Waals surface area (Å²) >= 11 is 0. The normalized spacial score (nSPS) is 32.4. The van der Waals surface area contributed by atoms with Crippen LogP contribution in [-0.2, 0) is 23.9 Å². The molecular weight excluding hydrogens is 400 g/mol. The van der Waals surface area contributed by atoms with Gasteiger partial charge in [0.25, 0.3) is 0 Å². The van der Waals surface area contributed by atoms with Crippen LogP contribution in [0.1, 0.15) is 67.2 Å². The van der Waals surface area contributed by atoms with Crippen LogP contribution in [0.15, 0.2) is 0 Å². The first-order chi connectivity index (χ1) is 14.4. The predicted molar refractivity (Wildman–Crippen MR) is 114 cm³/mol. The van der Waals surface area contributed by atoms with E-state index < -0.39 is 41.1 Å². The number of nitrogens with zero attached hydrogens (tertiary/aromatic N) is 1. The largest absolute Gasteiger partial charge is 0.466 e. The third-order valence-corrected chi connectivity index (χ3v) is 6.60. The number of hydrogen-bond acceptors (Lipinski definition) is 6. The van der Waals surface area contributed by atoms with Crippen LogP contribution in [0, 0.1) is 17.3 Å². The quantitative estimate of drug-likeness (QED) is 0.558. The second-order valence-electron chi connectivity index (χ2n) is 11.0. The summed E-state index contributed by atoms with van der Waals surface area (Å²) in [5.41, 5.74) is -1.49. The van der Waals surface area contributed by atoms with Crippen molar-refractivity contribution in [1.29, 1.82) is 0 Å². The summed E-state index contributed by atoms with van der Waals surface area (Å²) in [5.74, 6) is -2.33. The summed E-state index contributed by atoms with van der Waals surface area (Å²) in [6, 6.07) is -0.819. The van der Waals surface area contributed by atoms with Gasteiger partial charge in [-0.1, -0.05) is 20.8 Å². The number of likely N-dealkylation sites (tertiary alicyclic amines) is 1.